The van der Waals surface area contributed by atoms with Crippen molar-refractivity contribution in [3.63, 3.8) is 0 Å². The molecule has 0 amide bonds. The molecule has 0 aliphatic carbocycles. The molecule has 0 atom stereocenters. The van der Waals surface area contributed by atoms with Crippen LogP contribution in [0.3, 0.4) is 0 Å². The molecule has 4 nitrogen and oxygen atoms in total. The van der Waals surface area contributed by atoms with Gasteiger partial charge in [-0.3, -0.25) is 5.43 Å². The fourth-order valence-electron chi connectivity index (χ4n) is 3.22. The Morgan fingerprint density at radius 2 is 1.60 bits per heavy atom. The average molecular weight is 414 g/mol. The van der Waals surface area contributed by atoms with E-state index >= 15 is 0 Å². The van der Waals surface area contributed by atoms with E-state index in [0.29, 0.717) is 0 Å². The summed E-state index contributed by atoms with van der Waals surface area (Å²) in [6.07, 6.45) is -1.98. The molecular weight excluding hydrogens is 389 g/mol. The minimum Gasteiger partial charge on any atom is -0.318 e. The molecule has 0 unspecified atom stereocenters. The number of benzene rings is 1. The fraction of sp³-hybridized carbons (Fsp3) is 0.304. The van der Waals surface area contributed by atoms with Gasteiger partial charge in [0.1, 0.15) is 5.82 Å². The minimum atomic E-state index is -4.41. The number of aromatic nitrogens is 2. The van der Waals surface area contributed by atoms with Gasteiger partial charge in [-0.05, 0) is 55.2 Å². The number of nitrogens with one attached hydrogen (secondary N) is 1. The maximum Gasteiger partial charge on any atom is 0.417 e. The van der Waals surface area contributed by atoms with Gasteiger partial charge in [0, 0.05) is 28.8 Å². The number of nitrogens with zero attached hydrogens (tertiary/aromatic N) is 3. The van der Waals surface area contributed by atoms with E-state index in [0.717, 1.165) is 34.9 Å². The van der Waals surface area contributed by atoms with Crippen LogP contribution in [-0.2, 0) is 11.6 Å². The van der Waals surface area contributed by atoms with E-state index < -0.39 is 11.7 Å². The van der Waals surface area contributed by atoms with Gasteiger partial charge >= 0.3 is 6.18 Å². The molecule has 3 rings (SSSR count). The molecule has 2 aromatic heterocycles. The molecule has 0 radical (unpaired) electrons. The van der Waals surface area contributed by atoms with Gasteiger partial charge in [0.15, 0.2) is 0 Å². The summed E-state index contributed by atoms with van der Waals surface area (Å²) < 4.78 is 40.0. The Morgan fingerprint density at radius 1 is 0.967 bits per heavy atom. The van der Waals surface area contributed by atoms with Gasteiger partial charge in [-0.25, -0.2) is 4.98 Å². The normalized spacial score (nSPS) is 12.5. The van der Waals surface area contributed by atoms with Crippen molar-refractivity contribution in [2.45, 2.75) is 46.2 Å². The highest BCUT2D eigenvalue weighted by molar-refractivity contribution is 5.82. The molecule has 158 valence electrons. The van der Waals surface area contributed by atoms with Gasteiger partial charge in [0.25, 0.3) is 0 Å². The van der Waals surface area contributed by atoms with Crippen LogP contribution >= 0.6 is 0 Å². The number of halogens is 3. The minimum absolute atomic E-state index is 0.0924. The molecule has 7 heteroatoms. The highest BCUT2D eigenvalue weighted by Crippen LogP contribution is 2.29. The Hall–Kier alpha value is -3.09. The van der Waals surface area contributed by atoms with Crippen LogP contribution in [0.15, 0.2) is 53.8 Å². The van der Waals surface area contributed by atoms with Gasteiger partial charge < -0.3 is 4.57 Å². The SMILES string of the molecule is Cc1cc(/C=N/Nc2ccc(C(F)(F)F)cn2)c(C)n1-c1ccc(C(C)(C)C)cc1. The van der Waals surface area contributed by atoms with E-state index in [2.05, 4.69) is 65.1 Å². The largest absolute Gasteiger partial charge is 0.417 e. The summed E-state index contributed by atoms with van der Waals surface area (Å²) >= 11 is 0. The van der Waals surface area contributed by atoms with Gasteiger partial charge in [0.2, 0.25) is 0 Å². The highest BCUT2D eigenvalue weighted by atomic mass is 19.4. The van der Waals surface area contributed by atoms with E-state index in [1.807, 2.05) is 19.9 Å². The lowest BCUT2D eigenvalue weighted by atomic mass is 9.87. The van der Waals surface area contributed by atoms with Crippen LogP contribution in [0, 0.1) is 13.8 Å². The molecule has 0 fully saturated rings. The monoisotopic (exact) mass is 414 g/mol. The predicted octanol–water partition coefficient (Wildman–Crippen LogP) is 6.25. The lowest BCUT2D eigenvalue weighted by molar-refractivity contribution is -0.137. The van der Waals surface area contributed by atoms with Crippen molar-refractivity contribution >= 4 is 12.0 Å². The number of aryl methyl sites for hydroxylation is 1. The summed E-state index contributed by atoms with van der Waals surface area (Å²) in [5.74, 6) is 0.242. The Balaban J connectivity index is 1.77. The van der Waals surface area contributed by atoms with E-state index in [4.69, 9.17) is 0 Å². The summed E-state index contributed by atoms with van der Waals surface area (Å²) in [6, 6.07) is 12.7. The topological polar surface area (TPSA) is 42.2 Å². The molecule has 2 heterocycles. The van der Waals surface area contributed by atoms with Crippen LogP contribution < -0.4 is 5.43 Å². The Kier molecular flexibility index (Phi) is 5.74. The summed E-state index contributed by atoms with van der Waals surface area (Å²) in [5.41, 5.74) is 7.29. The summed E-state index contributed by atoms with van der Waals surface area (Å²) in [7, 11) is 0. The van der Waals surface area contributed by atoms with Crippen molar-refractivity contribution in [3.05, 3.63) is 76.7 Å². The van der Waals surface area contributed by atoms with Crippen LogP contribution in [0.5, 0.6) is 0 Å². The molecular formula is C23H25F3N4. The summed E-state index contributed by atoms with van der Waals surface area (Å²) in [5, 5.41) is 4.13. The number of rotatable bonds is 4. The van der Waals surface area contributed by atoms with Gasteiger partial charge in [-0.1, -0.05) is 32.9 Å². The Labute approximate surface area is 174 Å². The molecule has 0 saturated heterocycles. The van der Waals surface area contributed by atoms with Gasteiger partial charge in [-0.15, -0.1) is 0 Å². The maximum atomic E-state index is 12.6. The van der Waals surface area contributed by atoms with Gasteiger partial charge in [-0.2, -0.15) is 18.3 Å². The van der Waals surface area contributed by atoms with E-state index in [9.17, 15) is 13.2 Å². The quantitative estimate of drug-likeness (QED) is 0.405. The lowest BCUT2D eigenvalue weighted by Crippen LogP contribution is -2.11. The van der Waals surface area contributed by atoms with Crippen molar-refractivity contribution in [3.8, 4) is 5.69 Å². The number of hydrazone groups is 1. The molecule has 0 aliphatic rings. The van der Waals surface area contributed by atoms with Crippen LogP contribution in [0.1, 0.15) is 48.8 Å². The first-order valence-corrected chi connectivity index (χ1v) is 9.59. The van der Waals surface area contributed by atoms with E-state index in [1.165, 1.54) is 11.6 Å². The number of hydrogen-bond acceptors (Lipinski definition) is 3. The Morgan fingerprint density at radius 3 is 2.13 bits per heavy atom. The van der Waals surface area contributed by atoms with Crippen molar-refractivity contribution in [2.75, 3.05) is 5.43 Å². The summed E-state index contributed by atoms with van der Waals surface area (Å²) in [6.45, 7) is 10.6. The van der Waals surface area contributed by atoms with Crippen LogP contribution in [0.2, 0.25) is 0 Å². The van der Waals surface area contributed by atoms with Crippen molar-refractivity contribution < 1.29 is 13.2 Å². The first-order valence-electron chi connectivity index (χ1n) is 9.59. The third kappa shape index (κ3) is 4.72. The number of hydrogen-bond donors (Lipinski definition) is 1. The molecule has 0 aliphatic heterocycles. The second kappa shape index (κ2) is 7.97. The zero-order valence-electron chi connectivity index (χ0n) is 17.7. The zero-order valence-corrected chi connectivity index (χ0v) is 17.7. The van der Waals surface area contributed by atoms with Crippen LogP contribution in [0.25, 0.3) is 5.69 Å². The molecule has 1 N–H and O–H groups in total. The number of anilines is 1. The molecule has 1 aromatic carbocycles. The zero-order chi connectivity index (χ0) is 22.1. The van der Waals surface area contributed by atoms with Crippen molar-refractivity contribution in [1.29, 1.82) is 0 Å². The molecule has 0 spiro atoms. The second-order valence-corrected chi connectivity index (χ2v) is 8.26. The molecule has 0 saturated carbocycles. The highest BCUT2D eigenvalue weighted by Gasteiger charge is 2.30. The standard InChI is InChI=1S/C23H25F3N4/c1-15-12-17(13-28-29-21-11-8-19(14-27-21)23(24,25)26)16(2)30(15)20-9-6-18(7-10-20)22(3,4)5/h6-14H,1-5H3,(H,27,29)/b28-13+. The molecule has 0 bridgehead atoms. The summed E-state index contributed by atoms with van der Waals surface area (Å²) in [4.78, 5) is 3.75. The average Bonchev–Trinajstić information content (AvgIpc) is 2.94. The maximum absolute atomic E-state index is 12.6. The second-order valence-electron chi connectivity index (χ2n) is 8.26. The molecule has 30 heavy (non-hydrogen) atoms. The smallest absolute Gasteiger partial charge is 0.318 e. The number of pyridine rings is 1. The first kappa shape index (κ1) is 21.6. The van der Waals surface area contributed by atoms with Crippen molar-refractivity contribution in [2.24, 2.45) is 5.10 Å². The van der Waals surface area contributed by atoms with E-state index in [1.54, 1.807) is 6.21 Å². The Bertz CT molecular complexity index is 1040. The fourth-order valence-corrected chi connectivity index (χ4v) is 3.22. The third-order valence-electron chi connectivity index (χ3n) is 4.94. The van der Waals surface area contributed by atoms with Gasteiger partial charge in [0.05, 0.1) is 11.8 Å². The predicted molar refractivity (Wildman–Crippen MR) is 114 cm³/mol. The number of alkyl halides is 3. The first-order chi connectivity index (χ1) is 14.0. The third-order valence-corrected chi connectivity index (χ3v) is 4.94. The lowest BCUT2D eigenvalue weighted by Gasteiger charge is -2.20. The van der Waals surface area contributed by atoms with E-state index in [-0.39, 0.29) is 11.2 Å². The van der Waals surface area contributed by atoms with Crippen LogP contribution in [0.4, 0.5) is 19.0 Å². The molecule has 3 aromatic rings. The van der Waals surface area contributed by atoms with Crippen LogP contribution in [-0.4, -0.2) is 15.8 Å². The van der Waals surface area contributed by atoms with Crippen molar-refractivity contribution in [1.82, 2.24) is 9.55 Å².